The molecule has 21 nitrogen and oxygen atoms in total. The average Bonchev–Trinajstić information content (AvgIpc) is 3.61. The van der Waals surface area contributed by atoms with Gasteiger partial charge in [0, 0.05) is 33.3 Å². The molecular weight excluding hydrogens is 959 g/mol. The third-order valence-electron chi connectivity index (χ3n) is 9.36. The summed E-state index contributed by atoms with van der Waals surface area (Å²) < 4.78 is 135. The van der Waals surface area contributed by atoms with Gasteiger partial charge in [0.05, 0.1) is 21.0 Å². The highest BCUT2D eigenvalue weighted by Gasteiger charge is 2.25. The van der Waals surface area contributed by atoms with E-state index in [1.165, 1.54) is 43.3 Å². The van der Waals surface area contributed by atoms with Crippen LogP contribution in [-0.2, 0) is 40.5 Å². The molecule has 0 saturated heterocycles. The van der Waals surface area contributed by atoms with Crippen molar-refractivity contribution >= 4 is 107 Å². The van der Waals surface area contributed by atoms with E-state index in [4.69, 9.17) is 0 Å². The summed E-state index contributed by atoms with van der Waals surface area (Å²) in [4.78, 5) is 2.32. The van der Waals surface area contributed by atoms with Crippen molar-refractivity contribution in [3.63, 3.8) is 0 Å². The van der Waals surface area contributed by atoms with Gasteiger partial charge in [-0.2, -0.15) is 44.2 Å². The lowest BCUT2D eigenvalue weighted by Crippen LogP contribution is -2.05. The number of hydrogen-bond acceptors (Lipinski definition) is 18. The first-order chi connectivity index (χ1) is 31.1. The largest absolute Gasteiger partial charge is 0.339 e. The van der Waals surface area contributed by atoms with E-state index in [2.05, 4.69) is 42.1 Å². The predicted molar refractivity (Wildman–Crippen MR) is 239 cm³/mol. The molecule has 2 aromatic heterocycles. The molecule has 0 bridgehead atoms. The van der Waals surface area contributed by atoms with Gasteiger partial charge in [0.1, 0.15) is 38.2 Å². The van der Waals surface area contributed by atoms with Gasteiger partial charge in [-0.3, -0.25) is 18.2 Å². The SMILES string of the molecule is Cc1c(C#N)c(Nc2ccc(S(=O)(=O)O)cc2)nc(Nc2ccc(S(=O)(=O)O)cc2)c1N=Nc1sc(/N=N/c2cc(S(=O)(=O)O)c3cccc(S(=O)(=O)O)c3c2)c(-c2ccccc2)c1C#N. The third-order valence-corrected chi connectivity index (χ3v) is 13.9. The van der Waals surface area contributed by atoms with E-state index < -0.39 is 60.1 Å². The molecule has 6 N–H and O–H groups in total. The first kappa shape index (κ1) is 46.6. The maximum Gasteiger partial charge on any atom is 0.295 e. The van der Waals surface area contributed by atoms with Crippen LogP contribution in [-0.4, -0.2) is 56.9 Å². The van der Waals surface area contributed by atoms with Crippen molar-refractivity contribution in [2.45, 2.75) is 26.5 Å². The number of azo groups is 2. The van der Waals surface area contributed by atoms with Crippen LogP contribution in [0.4, 0.5) is 44.4 Å². The standard InChI is InChI=1S/C40H27N9O12S5/c1-22-31(20-41)37(43-24-10-14-27(15-11-24)63(50,51)52)45-38(44-25-12-16-28(17-13-25)64(53,54)55)36(22)47-48-39-32(21-42)35(23-6-3-2-4-7-23)40(62-39)49-46-26-18-30-29(34(19-26)66(59,60)61)8-5-9-33(30)65(56,57)58/h2-19H,1H3,(H2,43,44,45)(H,50,51,52)(H,53,54,55)(H,56,57,58)(H,59,60,61)/b48-47?,49-46+. The van der Waals surface area contributed by atoms with Crippen LogP contribution in [0.2, 0.25) is 0 Å². The van der Waals surface area contributed by atoms with Gasteiger partial charge in [-0.15, -0.1) is 20.5 Å². The van der Waals surface area contributed by atoms with E-state index in [-0.39, 0.29) is 77.4 Å². The molecule has 0 saturated carbocycles. The minimum Gasteiger partial charge on any atom is -0.339 e. The first-order valence-corrected chi connectivity index (χ1v) is 24.8. The highest BCUT2D eigenvalue weighted by molar-refractivity contribution is 7.86. The molecule has 0 fully saturated rings. The van der Waals surface area contributed by atoms with Gasteiger partial charge >= 0.3 is 0 Å². The number of anilines is 4. The van der Waals surface area contributed by atoms with E-state index in [1.807, 2.05) is 6.07 Å². The highest BCUT2D eigenvalue weighted by atomic mass is 32.2. The summed E-state index contributed by atoms with van der Waals surface area (Å²) in [5.74, 6) is -0.150. The van der Waals surface area contributed by atoms with Crippen LogP contribution in [0, 0.1) is 29.6 Å². The van der Waals surface area contributed by atoms with Gasteiger partial charge in [0.2, 0.25) is 0 Å². The number of benzene rings is 5. The normalized spacial score (nSPS) is 12.3. The Morgan fingerprint density at radius 2 is 1.11 bits per heavy atom. The van der Waals surface area contributed by atoms with Gasteiger partial charge in [-0.05, 0) is 79.2 Å². The summed E-state index contributed by atoms with van der Waals surface area (Å²) >= 11 is 0.796. The van der Waals surface area contributed by atoms with Crippen LogP contribution in [0.3, 0.4) is 0 Å². The summed E-state index contributed by atoms with van der Waals surface area (Å²) in [5, 5.41) is 43.4. The second-order valence-electron chi connectivity index (χ2n) is 13.6. The zero-order valence-corrected chi connectivity index (χ0v) is 37.2. The number of thiophene rings is 1. The van der Waals surface area contributed by atoms with Crippen LogP contribution in [0.1, 0.15) is 16.7 Å². The second-order valence-corrected chi connectivity index (χ2v) is 20.2. The van der Waals surface area contributed by atoms with Crippen molar-refractivity contribution in [2.75, 3.05) is 10.6 Å². The lowest BCUT2D eigenvalue weighted by atomic mass is 10.0. The molecule has 0 radical (unpaired) electrons. The fourth-order valence-corrected chi connectivity index (χ4v) is 9.65. The molecule has 66 heavy (non-hydrogen) atoms. The first-order valence-electron chi connectivity index (χ1n) is 18.2. The Labute approximate surface area is 379 Å². The molecule has 7 aromatic rings. The number of pyridine rings is 1. The van der Waals surface area contributed by atoms with Gasteiger partial charge in [0.25, 0.3) is 40.5 Å². The molecule has 0 amide bonds. The van der Waals surface area contributed by atoms with Crippen LogP contribution in [0.15, 0.2) is 149 Å². The topological polar surface area (TPSA) is 351 Å². The number of nitrogens with one attached hydrogen (secondary N) is 2. The minimum atomic E-state index is -5.00. The molecule has 0 spiro atoms. The summed E-state index contributed by atoms with van der Waals surface area (Å²) in [5.41, 5.74) is 0.785. The molecule has 0 aliphatic heterocycles. The summed E-state index contributed by atoms with van der Waals surface area (Å²) in [6.45, 7) is 1.50. The number of nitrogens with zero attached hydrogens (tertiary/aromatic N) is 7. The molecule has 0 unspecified atom stereocenters. The van der Waals surface area contributed by atoms with Crippen LogP contribution in [0.25, 0.3) is 21.9 Å². The van der Waals surface area contributed by atoms with Crippen molar-refractivity contribution in [1.82, 2.24) is 4.98 Å². The fraction of sp³-hybridized carbons (Fsp3) is 0.0250. The quantitative estimate of drug-likeness (QED) is 0.0462. The van der Waals surface area contributed by atoms with Crippen LogP contribution >= 0.6 is 11.3 Å². The Morgan fingerprint density at radius 3 is 1.64 bits per heavy atom. The Morgan fingerprint density at radius 1 is 0.561 bits per heavy atom. The lowest BCUT2D eigenvalue weighted by molar-refractivity contribution is 0.481. The summed E-state index contributed by atoms with van der Waals surface area (Å²) in [6, 6.07) is 27.6. The van der Waals surface area contributed by atoms with Gasteiger partial charge in [-0.25, -0.2) is 4.98 Å². The van der Waals surface area contributed by atoms with E-state index >= 15 is 0 Å². The molecule has 7 rings (SSSR count). The number of nitriles is 2. The summed E-state index contributed by atoms with van der Waals surface area (Å²) in [7, 11) is -19.0. The van der Waals surface area contributed by atoms with Crippen LogP contribution < -0.4 is 10.6 Å². The Balaban J connectivity index is 1.38. The Kier molecular flexibility index (Phi) is 12.6. The van der Waals surface area contributed by atoms with Crippen molar-refractivity contribution in [3.05, 3.63) is 126 Å². The minimum absolute atomic E-state index is 0.0210. The molecule has 2 heterocycles. The smallest absolute Gasteiger partial charge is 0.295 e. The van der Waals surface area contributed by atoms with Gasteiger partial charge < -0.3 is 10.6 Å². The van der Waals surface area contributed by atoms with Crippen molar-refractivity contribution in [3.8, 4) is 23.3 Å². The zero-order chi connectivity index (χ0) is 47.8. The fourth-order valence-electron chi connectivity index (χ4n) is 6.35. The van der Waals surface area contributed by atoms with Crippen LogP contribution in [0.5, 0.6) is 0 Å². The van der Waals surface area contributed by atoms with Crippen molar-refractivity contribution in [2.24, 2.45) is 20.5 Å². The molecule has 0 aliphatic carbocycles. The number of rotatable bonds is 13. The average molecular weight is 986 g/mol. The Bertz CT molecular complexity index is 3720. The van der Waals surface area contributed by atoms with Gasteiger partial charge in [0.15, 0.2) is 16.6 Å². The number of aromatic nitrogens is 1. The second kappa shape index (κ2) is 17.9. The van der Waals surface area contributed by atoms with E-state index in [9.17, 15) is 62.4 Å². The molecule has 0 aliphatic rings. The predicted octanol–water partition coefficient (Wildman–Crippen LogP) is 9.32. The monoisotopic (exact) mass is 985 g/mol. The number of fused-ring (bicyclic) bond motifs is 1. The highest BCUT2D eigenvalue weighted by Crippen LogP contribution is 2.49. The van der Waals surface area contributed by atoms with Crippen molar-refractivity contribution < 1.29 is 51.9 Å². The molecular formula is C40H27N9O12S5. The van der Waals surface area contributed by atoms with Gasteiger partial charge in [-0.1, -0.05) is 53.8 Å². The maximum atomic E-state index is 12.5. The molecule has 5 aromatic carbocycles. The zero-order valence-electron chi connectivity index (χ0n) is 33.1. The van der Waals surface area contributed by atoms with E-state index in [1.54, 1.807) is 30.3 Å². The van der Waals surface area contributed by atoms with Crippen molar-refractivity contribution in [1.29, 1.82) is 10.5 Å². The maximum absolute atomic E-state index is 12.5. The van der Waals surface area contributed by atoms with E-state index in [0.29, 0.717) is 5.56 Å². The lowest BCUT2D eigenvalue weighted by Gasteiger charge is -2.16. The summed E-state index contributed by atoms with van der Waals surface area (Å²) in [6.07, 6.45) is 0. The molecule has 0 atom stereocenters. The molecule has 26 heteroatoms. The molecule has 334 valence electrons. The Hall–Kier alpha value is -7.37. The van der Waals surface area contributed by atoms with E-state index in [0.717, 1.165) is 53.8 Å². The third kappa shape index (κ3) is 9.96. The number of hydrogen-bond donors (Lipinski definition) is 6.